The summed E-state index contributed by atoms with van der Waals surface area (Å²) in [6, 6.07) is 3.54. The van der Waals surface area contributed by atoms with Crippen LogP contribution in [0.1, 0.15) is 5.69 Å². The number of nitrogens with zero attached hydrogens (tertiary/aromatic N) is 1. The Morgan fingerprint density at radius 3 is 3.00 bits per heavy atom. The Bertz CT molecular complexity index is 457. The summed E-state index contributed by atoms with van der Waals surface area (Å²) in [5.41, 5.74) is 0.772. The molecule has 1 aromatic heterocycles. The predicted octanol–water partition coefficient (Wildman–Crippen LogP) is 0.832. The van der Waals surface area contributed by atoms with Gasteiger partial charge in [0.1, 0.15) is 12.4 Å². The van der Waals surface area contributed by atoms with Crippen LogP contribution in [0.4, 0.5) is 0 Å². The van der Waals surface area contributed by atoms with E-state index < -0.39 is 10.0 Å². The van der Waals surface area contributed by atoms with E-state index in [1.165, 1.54) is 0 Å². The fourth-order valence-electron chi connectivity index (χ4n) is 1.03. The molecule has 0 unspecified atom stereocenters. The van der Waals surface area contributed by atoms with E-state index in [1.807, 2.05) is 6.92 Å². The van der Waals surface area contributed by atoms with Gasteiger partial charge in [-0.1, -0.05) is 6.58 Å². The van der Waals surface area contributed by atoms with Gasteiger partial charge in [0, 0.05) is 18.1 Å². The van der Waals surface area contributed by atoms with Gasteiger partial charge in [-0.25, -0.2) is 13.1 Å². The van der Waals surface area contributed by atoms with Crippen molar-refractivity contribution in [1.82, 2.24) is 9.71 Å². The van der Waals surface area contributed by atoms with Gasteiger partial charge in [-0.15, -0.1) is 0 Å². The Balaban J connectivity index is 2.37. The molecule has 0 atom stereocenters. The number of hydrogen-bond acceptors (Lipinski definition) is 4. The number of sulfonamides is 1. The van der Waals surface area contributed by atoms with E-state index in [0.29, 0.717) is 5.75 Å². The zero-order valence-corrected chi connectivity index (χ0v) is 9.83. The molecule has 0 aliphatic heterocycles. The zero-order chi connectivity index (χ0) is 12.0. The zero-order valence-electron chi connectivity index (χ0n) is 9.01. The first-order chi connectivity index (χ1) is 7.55. The van der Waals surface area contributed by atoms with Gasteiger partial charge >= 0.3 is 0 Å². The molecule has 0 aromatic carbocycles. The van der Waals surface area contributed by atoms with Gasteiger partial charge < -0.3 is 4.74 Å². The molecule has 5 nitrogen and oxygen atoms in total. The second-order valence-electron chi connectivity index (χ2n) is 3.04. The lowest BCUT2D eigenvalue weighted by Gasteiger charge is -2.07. The molecule has 1 rings (SSSR count). The van der Waals surface area contributed by atoms with E-state index in [9.17, 15) is 8.42 Å². The fourth-order valence-corrected chi connectivity index (χ4v) is 1.51. The molecule has 0 aliphatic carbocycles. The Morgan fingerprint density at radius 1 is 1.62 bits per heavy atom. The van der Waals surface area contributed by atoms with Gasteiger partial charge in [0.2, 0.25) is 10.0 Å². The van der Waals surface area contributed by atoms with Crippen LogP contribution in [-0.4, -0.2) is 26.6 Å². The van der Waals surface area contributed by atoms with Gasteiger partial charge in [0.05, 0.1) is 5.69 Å². The first-order valence-corrected chi connectivity index (χ1v) is 6.26. The largest absolute Gasteiger partial charge is 0.490 e. The van der Waals surface area contributed by atoms with Crippen LogP contribution < -0.4 is 9.46 Å². The third-order valence-corrected chi connectivity index (χ3v) is 2.89. The molecular formula is C10H14N2O3S. The van der Waals surface area contributed by atoms with Crippen molar-refractivity contribution in [3.8, 4) is 5.75 Å². The molecule has 16 heavy (non-hydrogen) atoms. The lowest BCUT2D eigenvalue weighted by atomic mass is 10.3. The van der Waals surface area contributed by atoms with Crippen LogP contribution in [0.3, 0.4) is 0 Å². The molecule has 0 aliphatic rings. The van der Waals surface area contributed by atoms with E-state index in [4.69, 9.17) is 4.74 Å². The summed E-state index contributed by atoms with van der Waals surface area (Å²) in [6.07, 6.45) is 1.67. The molecule has 0 bridgehead atoms. The number of ether oxygens (including phenoxy) is 1. The summed E-state index contributed by atoms with van der Waals surface area (Å²) in [5.74, 6) is 0.653. The van der Waals surface area contributed by atoms with Crippen molar-refractivity contribution >= 4 is 10.0 Å². The number of hydrogen-bond donors (Lipinski definition) is 1. The summed E-state index contributed by atoms with van der Waals surface area (Å²) >= 11 is 0. The lowest BCUT2D eigenvalue weighted by Crippen LogP contribution is -2.26. The number of aryl methyl sites for hydroxylation is 1. The maximum atomic E-state index is 11.0. The topological polar surface area (TPSA) is 68.3 Å². The Morgan fingerprint density at radius 2 is 2.38 bits per heavy atom. The van der Waals surface area contributed by atoms with Crippen molar-refractivity contribution in [3.05, 3.63) is 36.0 Å². The van der Waals surface area contributed by atoms with Crippen LogP contribution in [0, 0.1) is 6.92 Å². The molecule has 0 amide bonds. The highest BCUT2D eigenvalue weighted by molar-refractivity contribution is 7.92. The molecule has 0 spiro atoms. The van der Waals surface area contributed by atoms with Crippen molar-refractivity contribution < 1.29 is 13.2 Å². The van der Waals surface area contributed by atoms with E-state index in [-0.39, 0.29) is 13.2 Å². The predicted molar refractivity (Wildman–Crippen MR) is 61.6 cm³/mol. The quantitative estimate of drug-likeness (QED) is 0.750. The van der Waals surface area contributed by atoms with E-state index in [0.717, 1.165) is 11.1 Å². The summed E-state index contributed by atoms with van der Waals surface area (Å²) in [6.45, 7) is 5.45. The van der Waals surface area contributed by atoms with Crippen molar-refractivity contribution in [1.29, 1.82) is 0 Å². The summed E-state index contributed by atoms with van der Waals surface area (Å²) in [5, 5.41) is 0.863. The van der Waals surface area contributed by atoms with Crippen LogP contribution in [0.2, 0.25) is 0 Å². The van der Waals surface area contributed by atoms with E-state index in [2.05, 4.69) is 16.3 Å². The minimum absolute atomic E-state index is 0.197. The van der Waals surface area contributed by atoms with Crippen molar-refractivity contribution in [2.24, 2.45) is 0 Å². The van der Waals surface area contributed by atoms with Crippen LogP contribution in [-0.2, 0) is 10.0 Å². The highest BCUT2D eigenvalue weighted by Gasteiger charge is 2.03. The molecule has 1 heterocycles. The molecule has 0 radical (unpaired) electrons. The van der Waals surface area contributed by atoms with Crippen LogP contribution >= 0.6 is 0 Å². The standard InChI is InChI=1S/C10H14N2O3S/c1-3-16(13,14)12-7-8-15-10-5-4-6-11-9(10)2/h3-6,12H,1,7-8H2,2H3. The average Bonchev–Trinajstić information content (AvgIpc) is 2.27. The fraction of sp³-hybridized carbons (Fsp3) is 0.300. The molecule has 6 heteroatoms. The van der Waals surface area contributed by atoms with Gasteiger partial charge in [-0.3, -0.25) is 4.98 Å². The Labute approximate surface area is 95.2 Å². The highest BCUT2D eigenvalue weighted by atomic mass is 32.2. The Kier molecular flexibility index (Phi) is 4.45. The van der Waals surface area contributed by atoms with Gasteiger partial charge in [-0.2, -0.15) is 0 Å². The first kappa shape index (κ1) is 12.7. The lowest BCUT2D eigenvalue weighted by molar-refractivity contribution is 0.319. The van der Waals surface area contributed by atoms with Gasteiger partial charge in [0.15, 0.2) is 0 Å². The molecule has 1 aromatic rings. The smallest absolute Gasteiger partial charge is 0.233 e. The monoisotopic (exact) mass is 242 g/mol. The maximum absolute atomic E-state index is 11.0. The molecule has 0 saturated carbocycles. The summed E-state index contributed by atoms with van der Waals surface area (Å²) < 4.78 is 29.6. The van der Waals surface area contributed by atoms with Gasteiger partial charge in [-0.05, 0) is 19.1 Å². The molecular weight excluding hydrogens is 228 g/mol. The Hall–Kier alpha value is -1.40. The normalized spacial score (nSPS) is 11.1. The third kappa shape index (κ3) is 4.00. The SMILES string of the molecule is C=CS(=O)(=O)NCCOc1cccnc1C. The highest BCUT2D eigenvalue weighted by Crippen LogP contribution is 2.12. The van der Waals surface area contributed by atoms with Crippen LogP contribution in [0.15, 0.2) is 30.3 Å². The third-order valence-electron chi connectivity index (χ3n) is 1.84. The van der Waals surface area contributed by atoms with Crippen molar-refractivity contribution in [3.63, 3.8) is 0 Å². The van der Waals surface area contributed by atoms with Crippen LogP contribution in [0.5, 0.6) is 5.75 Å². The second-order valence-corrected chi connectivity index (χ2v) is 4.75. The van der Waals surface area contributed by atoms with Crippen molar-refractivity contribution in [2.75, 3.05) is 13.2 Å². The number of nitrogens with one attached hydrogen (secondary N) is 1. The minimum atomic E-state index is -3.37. The average molecular weight is 242 g/mol. The van der Waals surface area contributed by atoms with Crippen LogP contribution in [0.25, 0.3) is 0 Å². The van der Waals surface area contributed by atoms with E-state index >= 15 is 0 Å². The first-order valence-electron chi connectivity index (χ1n) is 4.71. The summed E-state index contributed by atoms with van der Waals surface area (Å²) in [7, 11) is -3.37. The van der Waals surface area contributed by atoms with Crippen molar-refractivity contribution in [2.45, 2.75) is 6.92 Å². The number of pyridine rings is 1. The minimum Gasteiger partial charge on any atom is -0.490 e. The molecule has 0 fully saturated rings. The van der Waals surface area contributed by atoms with E-state index in [1.54, 1.807) is 18.3 Å². The van der Waals surface area contributed by atoms with Gasteiger partial charge in [0.25, 0.3) is 0 Å². The number of rotatable bonds is 6. The molecule has 0 saturated heterocycles. The summed E-state index contributed by atoms with van der Waals surface area (Å²) in [4.78, 5) is 4.04. The molecule has 88 valence electrons. The maximum Gasteiger partial charge on any atom is 0.233 e. The molecule has 1 N–H and O–H groups in total. The number of aromatic nitrogens is 1. The second kappa shape index (κ2) is 5.62.